The highest BCUT2D eigenvalue weighted by atomic mass is 16.5. The lowest BCUT2D eigenvalue weighted by Crippen LogP contribution is -2.50. The van der Waals surface area contributed by atoms with Gasteiger partial charge in [-0.2, -0.15) is 0 Å². The van der Waals surface area contributed by atoms with Crippen molar-refractivity contribution in [1.82, 2.24) is 20.4 Å². The number of methoxy groups -OCH3 is 6. The van der Waals surface area contributed by atoms with Crippen molar-refractivity contribution in [2.24, 2.45) is 0 Å². The number of ketones is 2. The maximum absolute atomic E-state index is 14.5. The summed E-state index contributed by atoms with van der Waals surface area (Å²) in [6.45, 7) is 4.32. The molecule has 18 nitrogen and oxygen atoms in total. The Labute approximate surface area is 585 Å². The quantitative estimate of drug-likeness (QED) is 0.0213. The Hall–Kier alpha value is -9.36. The summed E-state index contributed by atoms with van der Waals surface area (Å²) < 4.78 is 45.0. The van der Waals surface area contributed by atoms with E-state index in [4.69, 9.17) is 37.9 Å². The third-order valence-corrected chi connectivity index (χ3v) is 18.0. The molecule has 3 amide bonds. The number of amides is 3. The summed E-state index contributed by atoms with van der Waals surface area (Å²) in [6.07, 6.45) is 12.1. The monoisotopic (exact) mass is 1350 g/mol. The molecule has 2 unspecified atom stereocenters. The molecule has 18 heteroatoms. The molecule has 0 saturated carbocycles. The summed E-state index contributed by atoms with van der Waals surface area (Å²) in [5, 5.41) is 6.76. The lowest BCUT2D eigenvalue weighted by atomic mass is 9.98. The fourth-order valence-corrected chi connectivity index (χ4v) is 12.6. The molecule has 0 aliphatic carbocycles. The number of ether oxygens (including phenoxy) is 8. The molecule has 0 spiro atoms. The minimum absolute atomic E-state index is 0.0108. The number of Topliss-reactive ketones (excluding diaryl/α,β-unsaturated/α-hetero) is 2. The number of hydrogen-bond acceptors (Lipinski definition) is 15. The van der Waals surface area contributed by atoms with E-state index in [9.17, 15) is 28.8 Å². The normalized spacial score (nSPS) is 15.4. The largest absolute Gasteiger partial charge is 0.493 e. The van der Waals surface area contributed by atoms with Gasteiger partial charge in [-0.05, 0) is 142 Å². The second kappa shape index (κ2) is 41.1. The van der Waals surface area contributed by atoms with Gasteiger partial charge in [-0.15, -0.1) is 0 Å². The Morgan fingerprint density at radius 2 is 0.778 bits per heavy atom. The molecule has 99 heavy (non-hydrogen) atoms. The zero-order valence-corrected chi connectivity index (χ0v) is 59.0. The van der Waals surface area contributed by atoms with Crippen molar-refractivity contribution in [1.29, 1.82) is 0 Å². The summed E-state index contributed by atoms with van der Waals surface area (Å²) in [5.41, 5.74) is 6.98. The molecule has 2 fully saturated rings. The zero-order valence-electron chi connectivity index (χ0n) is 59.0. The van der Waals surface area contributed by atoms with Crippen LogP contribution in [0.2, 0.25) is 0 Å². The lowest BCUT2D eigenvalue weighted by molar-refractivity contribution is -0.135. The minimum Gasteiger partial charge on any atom is -0.493 e. The molecule has 528 valence electrons. The fourth-order valence-electron chi connectivity index (χ4n) is 12.6. The number of hydrogen-bond donors (Lipinski definition) is 2. The highest BCUT2D eigenvalue weighted by Gasteiger charge is 2.44. The number of nitrogens with one attached hydrogen (secondary N) is 2. The van der Waals surface area contributed by atoms with Gasteiger partial charge in [0.05, 0.1) is 74.1 Å². The van der Waals surface area contributed by atoms with Gasteiger partial charge in [0.15, 0.2) is 23.0 Å². The molecule has 2 aliphatic rings. The molecule has 2 N–H and O–H groups in total. The Morgan fingerprint density at radius 1 is 0.444 bits per heavy atom. The zero-order chi connectivity index (χ0) is 70.9. The van der Waals surface area contributed by atoms with Crippen LogP contribution in [0.1, 0.15) is 132 Å². The Morgan fingerprint density at radius 3 is 1.11 bits per heavy atom. The van der Waals surface area contributed by atoms with Crippen molar-refractivity contribution >= 4 is 35.6 Å². The van der Waals surface area contributed by atoms with Crippen molar-refractivity contribution < 1.29 is 66.7 Å². The smallest absolute Gasteiger partial charge is 0.295 e. The average Bonchev–Trinajstić information content (AvgIpc) is 1.79. The van der Waals surface area contributed by atoms with Crippen LogP contribution in [0.5, 0.6) is 34.5 Å². The maximum Gasteiger partial charge on any atom is 0.295 e. The van der Waals surface area contributed by atoms with E-state index in [1.165, 1.54) is 138 Å². The molecule has 0 aromatic heterocycles. The van der Waals surface area contributed by atoms with E-state index in [1.54, 1.807) is 0 Å². The van der Waals surface area contributed by atoms with Crippen LogP contribution < -0.4 is 39.1 Å². The van der Waals surface area contributed by atoms with Crippen LogP contribution >= 0.6 is 0 Å². The van der Waals surface area contributed by atoms with E-state index in [-0.39, 0.29) is 96.7 Å². The molecule has 2 saturated heterocycles. The summed E-state index contributed by atoms with van der Waals surface area (Å²) in [7, 11) is 10.6. The van der Waals surface area contributed by atoms with Crippen molar-refractivity contribution in [2.75, 3.05) is 62.8 Å². The predicted octanol–water partition coefficient (Wildman–Crippen LogP) is 12.9. The summed E-state index contributed by atoms with van der Waals surface area (Å²) in [5.74, 6) is -2.42. The van der Waals surface area contributed by atoms with Gasteiger partial charge in [0.2, 0.25) is 17.4 Å². The number of nitrogens with zero attached hydrogens (tertiary/aromatic N) is 2. The van der Waals surface area contributed by atoms with E-state index >= 15 is 0 Å². The van der Waals surface area contributed by atoms with Crippen LogP contribution in [-0.2, 0) is 67.5 Å². The number of aryl methyl sites for hydroxylation is 4. The molecular formula is C81H100N4O14. The van der Waals surface area contributed by atoms with Crippen LogP contribution in [0, 0.1) is 0 Å². The van der Waals surface area contributed by atoms with Crippen LogP contribution in [0.4, 0.5) is 0 Å². The first-order valence-corrected chi connectivity index (χ1v) is 34.5. The van der Waals surface area contributed by atoms with Gasteiger partial charge in [0.1, 0.15) is 12.3 Å². The van der Waals surface area contributed by atoms with E-state index in [1.807, 2.05) is 74.5 Å². The summed E-state index contributed by atoms with van der Waals surface area (Å²) >= 11 is 0. The van der Waals surface area contributed by atoms with Gasteiger partial charge in [-0.3, -0.25) is 24.0 Å². The molecule has 0 radical (unpaired) electrons. The van der Waals surface area contributed by atoms with E-state index in [2.05, 4.69) is 103 Å². The third-order valence-electron chi connectivity index (χ3n) is 18.0. The Bertz CT molecular complexity index is 3470. The van der Waals surface area contributed by atoms with Crippen molar-refractivity contribution in [2.45, 2.75) is 153 Å². The van der Waals surface area contributed by atoms with Crippen LogP contribution in [-0.4, -0.2) is 145 Å². The standard InChI is InChI=1S/C59H67N3O14.C20H27N.C2H6/c1-69-49-27-42(28-50(70-2)55(49)73-5)53(64)58(67)61-33-46(31-45(61)35-63)75-36-40-23-25-41(26-24-40)37-76-47-32-48(62(34-47)59(68)54(65)43-29-51(71-3)56(74-6)52(30-43)72-4)57(66)60-44(21-13-19-38-15-9-7-10-16-38)22-14-20-39-17-11-8-12-18-39;1-21-20(16-8-14-18-10-4-2-5-11-18)17-9-15-19-12-6-3-7-13-19;1-2/h7-12,15-18,23-30,35,44-48H,13-14,19-22,31-34,36-37H2,1-6H3,(H,60,66);2-7,10-13,20-21H,8-9,14-17H2,1H3;1-2H3/t45-,46?,47+,48?;;/m0../s1. The number of rotatable bonds is 36. The molecule has 4 atom stereocenters. The first kappa shape index (κ1) is 77.0. The molecule has 7 aromatic rings. The third kappa shape index (κ3) is 22.9. The number of aldehydes is 1. The van der Waals surface area contributed by atoms with Crippen LogP contribution in [0.3, 0.4) is 0 Å². The number of benzene rings is 7. The first-order chi connectivity index (χ1) is 48.3. The van der Waals surface area contributed by atoms with Crippen LogP contribution in [0.25, 0.3) is 0 Å². The van der Waals surface area contributed by atoms with Gasteiger partial charge in [0.25, 0.3) is 23.4 Å². The van der Waals surface area contributed by atoms with E-state index in [0.29, 0.717) is 12.3 Å². The van der Waals surface area contributed by atoms with Crippen molar-refractivity contribution in [3.05, 3.63) is 214 Å². The predicted molar refractivity (Wildman–Crippen MR) is 384 cm³/mol. The van der Waals surface area contributed by atoms with Crippen molar-refractivity contribution in [3.8, 4) is 34.5 Å². The number of carbonyl (C=O) groups excluding carboxylic acids is 6. The van der Waals surface area contributed by atoms with Gasteiger partial charge in [0, 0.05) is 49.1 Å². The Kier molecular flexibility index (Phi) is 32.0. The molecule has 0 bridgehead atoms. The van der Waals surface area contributed by atoms with Gasteiger partial charge in [-0.25, -0.2) is 0 Å². The summed E-state index contributed by atoms with van der Waals surface area (Å²) in [6, 6.07) is 53.7. The van der Waals surface area contributed by atoms with E-state index in [0.717, 1.165) is 49.7 Å². The lowest BCUT2D eigenvalue weighted by Gasteiger charge is -2.26. The average molecular weight is 1350 g/mol. The number of likely N-dealkylation sites (tertiary alicyclic amines) is 2. The van der Waals surface area contributed by atoms with Gasteiger partial charge < -0.3 is 63.1 Å². The second-order valence-corrected chi connectivity index (χ2v) is 24.5. The molecule has 9 rings (SSSR count). The highest BCUT2D eigenvalue weighted by Crippen LogP contribution is 2.40. The second-order valence-electron chi connectivity index (χ2n) is 24.5. The molecule has 2 aliphatic heterocycles. The van der Waals surface area contributed by atoms with Crippen LogP contribution in [0.15, 0.2) is 170 Å². The minimum atomic E-state index is -0.998. The van der Waals surface area contributed by atoms with Gasteiger partial charge >= 0.3 is 0 Å². The molecule has 7 aromatic carbocycles. The van der Waals surface area contributed by atoms with Gasteiger partial charge in [-0.1, -0.05) is 159 Å². The summed E-state index contributed by atoms with van der Waals surface area (Å²) in [4.78, 5) is 84.6. The molecule has 2 heterocycles. The fraction of sp³-hybridized carbons (Fsp3) is 0.407. The topological polar surface area (TPSA) is 207 Å². The highest BCUT2D eigenvalue weighted by molar-refractivity contribution is 6.43. The van der Waals surface area contributed by atoms with Crippen molar-refractivity contribution in [3.63, 3.8) is 0 Å². The van der Waals surface area contributed by atoms with E-state index < -0.39 is 47.7 Å². The molecular weight excluding hydrogens is 1250 g/mol. The SMILES string of the molecule is CC.CNC(CCCc1ccccc1)CCCc1ccccc1.COc1cc(C(=O)C(=O)N2C[C@H](OCc3ccc(COC4C[C@@H](C=O)N(C(=O)C(=O)c5cc(OC)c(OC)c(OC)c5)C4)cc3)CC2C(=O)NC(CCCc2ccccc2)CCCc2ccccc2)cc(OC)c1OC. The Balaban J connectivity index is 0.000000506. The maximum atomic E-state index is 14.5. The number of carbonyl (C=O) groups is 6. The first-order valence-electron chi connectivity index (χ1n) is 34.5.